The van der Waals surface area contributed by atoms with Crippen molar-refractivity contribution >= 4 is 23.7 Å². The predicted molar refractivity (Wildman–Crippen MR) is 69.6 cm³/mol. The van der Waals surface area contributed by atoms with E-state index >= 15 is 0 Å². The quantitative estimate of drug-likeness (QED) is 0.603. The number of carbonyl (C=O) groups excluding carboxylic acids is 3. The van der Waals surface area contributed by atoms with Gasteiger partial charge in [0.15, 0.2) is 0 Å². The van der Waals surface area contributed by atoms with Crippen LogP contribution in [0.5, 0.6) is 0 Å². The molecule has 1 heterocycles. The van der Waals surface area contributed by atoms with Crippen LogP contribution in [0.25, 0.3) is 0 Å². The molecule has 1 atom stereocenters. The summed E-state index contributed by atoms with van der Waals surface area (Å²) in [6.45, 7) is 3.44. The molecule has 0 bridgehead atoms. The summed E-state index contributed by atoms with van der Waals surface area (Å²) >= 11 is 0. The molecule has 0 aromatic rings. The van der Waals surface area contributed by atoms with Crippen LogP contribution in [0, 0.1) is 5.41 Å². The highest BCUT2D eigenvalue weighted by Gasteiger charge is 2.38. The molecule has 3 amide bonds. The first kappa shape index (κ1) is 16.1. The number of imide groups is 1. The van der Waals surface area contributed by atoms with Gasteiger partial charge in [0.1, 0.15) is 6.04 Å². The Kier molecular flexibility index (Phi) is 5.24. The van der Waals surface area contributed by atoms with Crippen LogP contribution in [0.3, 0.4) is 0 Å². The number of carbonyl (C=O) groups is 4. The van der Waals surface area contributed by atoms with Crippen LogP contribution in [-0.4, -0.2) is 34.8 Å². The molecular formula is C13H20N2O5. The minimum absolute atomic E-state index is 0.169. The second-order valence-corrected chi connectivity index (χ2v) is 5.04. The summed E-state index contributed by atoms with van der Waals surface area (Å²) in [6, 6.07) is -0.764. The molecule has 0 radical (unpaired) electrons. The zero-order chi connectivity index (χ0) is 15.3. The maximum Gasteiger partial charge on any atom is 0.310 e. The van der Waals surface area contributed by atoms with Crippen LogP contribution in [0.15, 0.2) is 0 Å². The molecule has 0 spiro atoms. The molecule has 1 fully saturated rings. The van der Waals surface area contributed by atoms with Crippen molar-refractivity contribution in [3.63, 3.8) is 0 Å². The summed E-state index contributed by atoms with van der Waals surface area (Å²) in [7, 11) is 0. The third kappa shape index (κ3) is 3.55. The van der Waals surface area contributed by atoms with Crippen molar-refractivity contribution in [2.45, 2.75) is 52.0 Å². The molecule has 7 nitrogen and oxygen atoms in total. The van der Waals surface area contributed by atoms with E-state index in [2.05, 4.69) is 10.6 Å². The second kappa shape index (κ2) is 6.49. The van der Waals surface area contributed by atoms with E-state index in [1.165, 1.54) is 0 Å². The van der Waals surface area contributed by atoms with Gasteiger partial charge in [-0.1, -0.05) is 13.8 Å². The molecular weight excluding hydrogens is 264 g/mol. The van der Waals surface area contributed by atoms with E-state index < -0.39 is 29.2 Å². The summed E-state index contributed by atoms with van der Waals surface area (Å²) in [5.41, 5.74) is -1.11. The summed E-state index contributed by atoms with van der Waals surface area (Å²) < 4.78 is 0. The number of nitrogens with one attached hydrogen (secondary N) is 2. The molecule has 1 aliphatic rings. The van der Waals surface area contributed by atoms with Gasteiger partial charge in [0.2, 0.25) is 17.7 Å². The number of piperidine rings is 1. The Labute approximate surface area is 117 Å². The standard InChI is InChI=1S/C13H20N2O5/c1-3-13(4-2,12(19)20)7-10(17)14-8-5-6-9(16)15-11(8)18/h8H,3-7H2,1-2H3,(H,14,17)(H,19,20)(H,15,16,18). The average Bonchev–Trinajstić information content (AvgIpc) is 2.39. The van der Waals surface area contributed by atoms with E-state index in [1.807, 2.05) is 0 Å². The number of aliphatic carboxylic acids is 1. The van der Waals surface area contributed by atoms with Crippen molar-refractivity contribution in [2.75, 3.05) is 0 Å². The van der Waals surface area contributed by atoms with Crippen LogP contribution in [-0.2, 0) is 19.2 Å². The lowest BCUT2D eigenvalue weighted by molar-refractivity contribution is -0.152. The minimum atomic E-state index is -1.11. The first-order valence-corrected chi connectivity index (χ1v) is 6.71. The molecule has 1 rings (SSSR count). The monoisotopic (exact) mass is 284 g/mol. The maximum atomic E-state index is 11.9. The highest BCUT2D eigenvalue weighted by molar-refractivity contribution is 6.01. The summed E-state index contributed by atoms with van der Waals surface area (Å²) in [5.74, 6) is -2.39. The molecule has 0 saturated carbocycles. The van der Waals surface area contributed by atoms with E-state index in [0.717, 1.165) is 0 Å². The van der Waals surface area contributed by atoms with Crippen molar-refractivity contribution in [3.05, 3.63) is 0 Å². The largest absolute Gasteiger partial charge is 0.481 e. The minimum Gasteiger partial charge on any atom is -0.481 e. The van der Waals surface area contributed by atoms with Gasteiger partial charge in [0.25, 0.3) is 0 Å². The Balaban J connectivity index is 2.65. The zero-order valence-corrected chi connectivity index (χ0v) is 11.7. The van der Waals surface area contributed by atoms with E-state index in [-0.39, 0.29) is 25.2 Å². The number of carboxylic acid groups (broad SMARTS) is 1. The van der Waals surface area contributed by atoms with E-state index in [1.54, 1.807) is 13.8 Å². The highest BCUT2D eigenvalue weighted by atomic mass is 16.4. The number of carboxylic acids is 1. The lowest BCUT2D eigenvalue weighted by Gasteiger charge is -2.28. The van der Waals surface area contributed by atoms with Gasteiger partial charge in [-0.2, -0.15) is 0 Å². The Hall–Kier alpha value is -1.92. The van der Waals surface area contributed by atoms with Gasteiger partial charge < -0.3 is 10.4 Å². The predicted octanol–water partition coefficient (Wildman–Crippen LogP) is 0.189. The van der Waals surface area contributed by atoms with Gasteiger partial charge in [0.05, 0.1) is 5.41 Å². The van der Waals surface area contributed by atoms with E-state index in [9.17, 15) is 24.3 Å². The fourth-order valence-electron chi connectivity index (χ4n) is 2.26. The highest BCUT2D eigenvalue weighted by Crippen LogP contribution is 2.31. The second-order valence-electron chi connectivity index (χ2n) is 5.04. The van der Waals surface area contributed by atoms with E-state index in [0.29, 0.717) is 12.8 Å². The fraction of sp³-hybridized carbons (Fsp3) is 0.692. The van der Waals surface area contributed by atoms with Crippen molar-refractivity contribution in [2.24, 2.45) is 5.41 Å². The average molecular weight is 284 g/mol. The van der Waals surface area contributed by atoms with Crippen molar-refractivity contribution in [1.82, 2.24) is 10.6 Å². The molecule has 0 aliphatic carbocycles. The lowest BCUT2D eigenvalue weighted by atomic mass is 9.79. The molecule has 0 aromatic heterocycles. The first-order valence-electron chi connectivity index (χ1n) is 6.71. The van der Waals surface area contributed by atoms with E-state index in [4.69, 9.17) is 0 Å². The summed E-state index contributed by atoms with van der Waals surface area (Å²) in [5, 5.41) is 13.9. The van der Waals surface area contributed by atoms with Crippen LogP contribution >= 0.6 is 0 Å². The number of hydrogen-bond donors (Lipinski definition) is 3. The molecule has 0 aromatic carbocycles. The Morgan fingerprint density at radius 3 is 2.40 bits per heavy atom. The lowest BCUT2D eigenvalue weighted by Crippen LogP contribution is -2.53. The van der Waals surface area contributed by atoms with Gasteiger partial charge in [-0.3, -0.25) is 24.5 Å². The summed E-state index contributed by atoms with van der Waals surface area (Å²) in [4.78, 5) is 45.8. The first-order chi connectivity index (χ1) is 9.34. The summed E-state index contributed by atoms with van der Waals surface area (Å²) in [6.07, 6.45) is 0.910. The normalized spacial score (nSPS) is 19.4. The van der Waals surface area contributed by atoms with Gasteiger partial charge in [0, 0.05) is 12.8 Å². The zero-order valence-electron chi connectivity index (χ0n) is 11.7. The van der Waals surface area contributed by atoms with Crippen LogP contribution in [0.4, 0.5) is 0 Å². The molecule has 7 heteroatoms. The third-order valence-electron chi connectivity index (χ3n) is 3.88. The Morgan fingerprint density at radius 1 is 1.35 bits per heavy atom. The topological polar surface area (TPSA) is 113 Å². The van der Waals surface area contributed by atoms with Crippen molar-refractivity contribution in [3.8, 4) is 0 Å². The molecule has 1 aliphatic heterocycles. The molecule has 112 valence electrons. The number of amides is 3. The van der Waals surface area contributed by atoms with Crippen molar-refractivity contribution in [1.29, 1.82) is 0 Å². The molecule has 20 heavy (non-hydrogen) atoms. The molecule has 1 saturated heterocycles. The smallest absolute Gasteiger partial charge is 0.310 e. The van der Waals surface area contributed by atoms with Gasteiger partial charge in [-0.15, -0.1) is 0 Å². The van der Waals surface area contributed by atoms with Crippen LogP contribution < -0.4 is 10.6 Å². The third-order valence-corrected chi connectivity index (χ3v) is 3.88. The Bertz CT molecular complexity index is 428. The molecule has 3 N–H and O–H groups in total. The number of rotatable bonds is 6. The SMILES string of the molecule is CCC(CC)(CC(=O)NC1CCC(=O)NC1=O)C(=O)O. The van der Waals surface area contributed by atoms with Gasteiger partial charge >= 0.3 is 5.97 Å². The van der Waals surface area contributed by atoms with Gasteiger partial charge in [-0.05, 0) is 19.3 Å². The van der Waals surface area contributed by atoms with Gasteiger partial charge in [-0.25, -0.2) is 0 Å². The Morgan fingerprint density at radius 2 is 1.95 bits per heavy atom. The van der Waals surface area contributed by atoms with Crippen molar-refractivity contribution < 1.29 is 24.3 Å². The maximum absolute atomic E-state index is 11.9. The van der Waals surface area contributed by atoms with Crippen LogP contribution in [0.2, 0.25) is 0 Å². The molecule has 1 unspecified atom stereocenters. The van der Waals surface area contributed by atoms with Crippen LogP contribution in [0.1, 0.15) is 46.0 Å². The number of hydrogen-bond acceptors (Lipinski definition) is 4. The fourth-order valence-corrected chi connectivity index (χ4v) is 2.26.